The third-order valence-corrected chi connectivity index (χ3v) is 2.95. The molecule has 1 aliphatic rings. The van der Waals surface area contributed by atoms with Gasteiger partial charge in [-0.05, 0) is 19.8 Å². The number of carbonyl (C=O) groups excluding carboxylic acids is 1. The molecule has 1 aliphatic heterocycles. The molecule has 86 valence electrons. The van der Waals surface area contributed by atoms with Crippen molar-refractivity contribution in [2.45, 2.75) is 20.3 Å². The monoisotopic (exact) mass is 240 g/mol. The Bertz CT molecular complexity index is 403. The highest BCUT2D eigenvalue weighted by Crippen LogP contribution is 2.22. The zero-order valence-corrected chi connectivity index (χ0v) is 10.0. The number of amides is 1. The lowest BCUT2D eigenvalue weighted by molar-refractivity contribution is -0.117. The van der Waals surface area contributed by atoms with Crippen molar-refractivity contribution in [2.24, 2.45) is 5.92 Å². The van der Waals surface area contributed by atoms with Gasteiger partial charge in [0.25, 0.3) is 0 Å². The van der Waals surface area contributed by atoms with Gasteiger partial charge in [0.2, 0.25) is 11.9 Å². The molecule has 0 aromatic carbocycles. The number of aryl methyl sites for hydroxylation is 2. The molecule has 0 radical (unpaired) electrons. The second-order valence-electron chi connectivity index (χ2n) is 3.96. The van der Waals surface area contributed by atoms with Gasteiger partial charge in [0.1, 0.15) is 11.6 Å². The molecule has 0 aliphatic carbocycles. The van der Waals surface area contributed by atoms with Crippen molar-refractivity contribution in [3.05, 3.63) is 11.6 Å². The van der Waals surface area contributed by atoms with E-state index in [1.54, 1.807) is 18.7 Å². The van der Waals surface area contributed by atoms with Gasteiger partial charge in [0.15, 0.2) is 0 Å². The van der Waals surface area contributed by atoms with E-state index in [0.29, 0.717) is 36.4 Å². The number of hydrogen-bond donors (Lipinski definition) is 0. The third-order valence-electron chi connectivity index (χ3n) is 2.51. The van der Waals surface area contributed by atoms with E-state index >= 15 is 0 Å². The van der Waals surface area contributed by atoms with Crippen molar-refractivity contribution in [1.82, 2.24) is 15.0 Å². The number of anilines is 1. The summed E-state index contributed by atoms with van der Waals surface area (Å²) < 4.78 is 0. The summed E-state index contributed by atoms with van der Waals surface area (Å²) >= 11 is 5.76. The molecule has 0 bridgehead atoms. The minimum atomic E-state index is 0.0376. The molecule has 0 saturated carbocycles. The Hall–Kier alpha value is -1.23. The van der Waals surface area contributed by atoms with Crippen LogP contribution in [0, 0.1) is 19.8 Å². The molecular weight excluding hydrogens is 228 g/mol. The van der Waals surface area contributed by atoms with E-state index in [2.05, 4.69) is 15.0 Å². The molecule has 1 unspecified atom stereocenters. The number of hydrogen-bond acceptors (Lipinski definition) is 4. The number of halogens is 1. The Morgan fingerprint density at radius 2 is 1.94 bits per heavy atom. The fraction of sp³-hybridized carbons (Fsp3) is 0.600. The Labute approximate surface area is 98.9 Å². The highest BCUT2D eigenvalue weighted by atomic mass is 35.5. The zero-order chi connectivity index (χ0) is 11.7. The Balaban J connectivity index is 2.27. The summed E-state index contributed by atoms with van der Waals surface area (Å²) in [5, 5.41) is 0. The van der Waals surface area contributed by atoms with Crippen LogP contribution >= 0.6 is 11.6 Å². The number of aromatic nitrogens is 3. The van der Waals surface area contributed by atoms with Crippen molar-refractivity contribution < 1.29 is 4.79 Å². The van der Waals surface area contributed by atoms with E-state index in [9.17, 15) is 4.79 Å². The molecule has 0 spiro atoms. The maximum atomic E-state index is 11.7. The van der Waals surface area contributed by atoms with Crippen LogP contribution in [0.2, 0.25) is 0 Å². The Kier molecular flexibility index (Phi) is 3.05. The zero-order valence-electron chi connectivity index (χ0n) is 9.27. The molecule has 2 rings (SSSR count). The van der Waals surface area contributed by atoms with Crippen LogP contribution in [0.4, 0.5) is 5.95 Å². The summed E-state index contributed by atoms with van der Waals surface area (Å²) in [6.07, 6.45) is 0.479. The van der Waals surface area contributed by atoms with E-state index in [-0.39, 0.29) is 11.8 Å². The molecule has 1 saturated heterocycles. The molecule has 1 aromatic rings. The van der Waals surface area contributed by atoms with Gasteiger partial charge in [-0.15, -0.1) is 11.6 Å². The van der Waals surface area contributed by atoms with E-state index < -0.39 is 0 Å². The SMILES string of the molecule is Cc1nc(C)nc(N2CC(CCl)CC2=O)n1. The van der Waals surface area contributed by atoms with Gasteiger partial charge in [-0.3, -0.25) is 9.69 Å². The number of nitrogens with zero attached hydrogens (tertiary/aromatic N) is 4. The molecule has 5 nitrogen and oxygen atoms in total. The smallest absolute Gasteiger partial charge is 0.235 e. The Morgan fingerprint density at radius 3 is 2.44 bits per heavy atom. The molecule has 6 heteroatoms. The van der Waals surface area contributed by atoms with Crippen LogP contribution in [0.3, 0.4) is 0 Å². The second-order valence-corrected chi connectivity index (χ2v) is 4.27. The first-order valence-corrected chi connectivity index (χ1v) is 5.69. The van der Waals surface area contributed by atoms with Crippen molar-refractivity contribution in [3.63, 3.8) is 0 Å². The number of rotatable bonds is 2. The molecule has 0 N–H and O–H groups in total. The van der Waals surface area contributed by atoms with Gasteiger partial charge < -0.3 is 0 Å². The van der Waals surface area contributed by atoms with Crippen molar-refractivity contribution in [1.29, 1.82) is 0 Å². The lowest BCUT2D eigenvalue weighted by Crippen LogP contribution is -2.27. The molecule has 2 heterocycles. The quantitative estimate of drug-likeness (QED) is 0.726. The van der Waals surface area contributed by atoms with Crippen LogP contribution in [0.1, 0.15) is 18.1 Å². The van der Waals surface area contributed by atoms with Crippen molar-refractivity contribution in [2.75, 3.05) is 17.3 Å². The van der Waals surface area contributed by atoms with Crippen LogP contribution in [0.15, 0.2) is 0 Å². The third kappa shape index (κ3) is 2.14. The number of carbonyl (C=O) groups is 1. The van der Waals surface area contributed by atoms with E-state index in [4.69, 9.17) is 11.6 Å². The van der Waals surface area contributed by atoms with E-state index in [1.807, 2.05) is 0 Å². The summed E-state index contributed by atoms with van der Waals surface area (Å²) in [7, 11) is 0. The minimum Gasteiger partial charge on any atom is -0.280 e. The van der Waals surface area contributed by atoms with Gasteiger partial charge in [0, 0.05) is 18.8 Å². The largest absolute Gasteiger partial charge is 0.280 e. The highest BCUT2D eigenvalue weighted by Gasteiger charge is 2.31. The summed E-state index contributed by atoms with van der Waals surface area (Å²) in [5.74, 6) is 2.43. The maximum absolute atomic E-state index is 11.7. The topological polar surface area (TPSA) is 59.0 Å². The standard InChI is InChI=1S/C10H13ClN4O/c1-6-12-7(2)14-10(13-6)15-5-8(4-11)3-9(15)16/h8H,3-5H2,1-2H3. The summed E-state index contributed by atoms with van der Waals surface area (Å²) in [5.41, 5.74) is 0. The van der Waals surface area contributed by atoms with Crippen LogP contribution in [0.25, 0.3) is 0 Å². The number of alkyl halides is 1. The molecule has 1 atom stereocenters. The molecule has 1 amide bonds. The lowest BCUT2D eigenvalue weighted by Gasteiger charge is -2.14. The summed E-state index contributed by atoms with van der Waals surface area (Å²) in [6, 6.07) is 0. The first-order valence-electron chi connectivity index (χ1n) is 5.15. The predicted octanol–water partition coefficient (Wildman–Crippen LogP) is 1.08. The first kappa shape index (κ1) is 11.3. The molecule has 16 heavy (non-hydrogen) atoms. The fourth-order valence-corrected chi connectivity index (χ4v) is 2.00. The van der Waals surface area contributed by atoms with E-state index in [0.717, 1.165) is 0 Å². The average molecular weight is 241 g/mol. The summed E-state index contributed by atoms with van der Waals surface area (Å²) in [6.45, 7) is 4.18. The van der Waals surface area contributed by atoms with Gasteiger partial charge in [-0.25, -0.2) is 4.98 Å². The Morgan fingerprint density at radius 1 is 1.31 bits per heavy atom. The predicted molar refractivity (Wildman–Crippen MR) is 60.5 cm³/mol. The van der Waals surface area contributed by atoms with Crippen molar-refractivity contribution in [3.8, 4) is 0 Å². The molecule has 1 fully saturated rings. The van der Waals surface area contributed by atoms with E-state index in [1.165, 1.54) is 0 Å². The van der Waals surface area contributed by atoms with Gasteiger partial charge >= 0.3 is 0 Å². The molecule has 1 aromatic heterocycles. The first-order chi connectivity index (χ1) is 7.60. The molecular formula is C10H13ClN4O. The van der Waals surface area contributed by atoms with Crippen LogP contribution in [-0.2, 0) is 4.79 Å². The van der Waals surface area contributed by atoms with Crippen LogP contribution < -0.4 is 4.90 Å². The van der Waals surface area contributed by atoms with Gasteiger partial charge in [-0.2, -0.15) is 9.97 Å². The van der Waals surface area contributed by atoms with Crippen molar-refractivity contribution >= 4 is 23.5 Å². The maximum Gasteiger partial charge on any atom is 0.235 e. The second kappa shape index (κ2) is 4.33. The average Bonchev–Trinajstić information content (AvgIpc) is 2.58. The normalized spacial score (nSPS) is 20.6. The fourth-order valence-electron chi connectivity index (χ4n) is 1.80. The van der Waals surface area contributed by atoms with Gasteiger partial charge in [0.05, 0.1) is 0 Å². The lowest BCUT2D eigenvalue weighted by atomic mass is 10.2. The summed E-state index contributed by atoms with van der Waals surface area (Å²) in [4.78, 5) is 25.8. The van der Waals surface area contributed by atoms with Gasteiger partial charge in [-0.1, -0.05) is 0 Å². The van der Waals surface area contributed by atoms with Crippen LogP contribution in [-0.4, -0.2) is 33.3 Å². The van der Waals surface area contributed by atoms with Crippen LogP contribution in [0.5, 0.6) is 0 Å². The highest BCUT2D eigenvalue weighted by molar-refractivity contribution is 6.18. The minimum absolute atomic E-state index is 0.0376.